The Balaban J connectivity index is 4.59. The number of carbonyl (C=O) groups is 3. The van der Waals surface area contributed by atoms with Crippen LogP contribution in [0.15, 0.2) is 0 Å². The summed E-state index contributed by atoms with van der Waals surface area (Å²) >= 11 is -0.745. The van der Waals surface area contributed by atoms with Gasteiger partial charge >= 0.3 is 181 Å². The zero-order chi connectivity index (χ0) is 20.5. The number of hydrogen-bond donors (Lipinski definition) is 0. The molecule has 0 aliphatic rings. The second-order valence-electron chi connectivity index (χ2n) is 5.81. The van der Waals surface area contributed by atoms with E-state index in [9.17, 15) is 14.4 Å². The summed E-state index contributed by atoms with van der Waals surface area (Å²) in [6.45, 7) is 4.24. The summed E-state index contributed by atoms with van der Waals surface area (Å²) in [6, 6.07) is 0. The van der Waals surface area contributed by atoms with Crippen molar-refractivity contribution in [2.24, 2.45) is 5.41 Å². The van der Waals surface area contributed by atoms with Crippen LogP contribution in [0, 0.1) is 5.41 Å². The van der Waals surface area contributed by atoms with Crippen molar-refractivity contribution >= 4 is 30.1 Å². The van der Waals surface area contributed by atoms with Crippen LogP contribution >= 0.6 is 0 Å². The van der Waals surface area contributed by atoms with Gasteiger partial charge in [0.15, 0.2) is 0 Å². The first-order chi connectivity index (χ1) is 12.9. The van der Waals surface area contributed by atoms with Gasteiger partial charge in [0.1, 0.15) is 0 Å². The molecule has 0 saturated carbocycles. The van der Waals surface area contributed by atoms with E-state index in [1.54, 1.807) is 0 Å². The molecule has 27 heavy (non-hydrogen) atoms. The molecule has 6 nitrogen and oxygen atoms in total. The molecule has 0 N–H and O–H groups in total. The second kappa shape index (κ2) is 17.0. The van der Waals surface area contributed by atoms with Crippen molar-refractivity contribution in [2.75, 3.05) is 39.6 Å². The number of carbonyl (C=O) groups excluding carboxylic acids is 3. The molecule has 0 aromatic carbocycles. The van der Waals surface area contributed by atoms with E-state index in [0.717, 1.165) is 6.42 Å². The zero-order valence-electron chi connectivity index (χ0n) is 15.9. The van der Waals surface area contributed by atoms with E-state index >= 15 is 0 Å². The molecule has 0 unspecified atom stereocenters. The van der Waals surface area contributed by atoms with E-state index < -0.39 is 0 Å². The molecular weight excluding hydrogens is 468 g/mol. The number of ether oxygens (including phenoxy) is 3. The first kappa shape index (κ1) is 27.1. The quantitative estimate of drug-likeness (QED) is 0.245. The van der Waals surface area contributed by atoms with E-state index in [-0.39, 0.29) is 63.7 Å². The van der Waals surface area contributed by atoms with Gasteiger partial charge in [0.25, 0.3) is 0 Å². The molecule has 0 aromatic rings. The van der Waals surface area contributed by atoms with Crippen LogP contribution in [0.2, 0.25) is 0 Å². The fraction of sp³-hybridized carbons (Fsp3) is 0.667. The van der Waals surface area contributed by atoms with E-state index in [0.29, 0.717) is 58.9 Å². The minimum atomic E-state index is -0.379. The maximum absolute atomic E-state index is 11.4. The fourth-order valence-electron chi connectivity index (χ4n) is 1.98. The van der Waals surface area contributed by atoms with Crippen LogP contribution in [0.25, 0.3) is 0 Å². The van der Waals surface area contributed by atoms with Crippen molar-refractivity contribution in [2.45, 2.75) is 32.6 Å². The van der Waals surface area contributed by atoms with Crippen LogP contribution in [0.5, 0.6) is 0 Å². The molecule has 9 heteroatoms. The summed E-state index contributed by atoms with van der Waals surface area (Å²) in [6.07, 6.45) is 1.85. The van der Waals surface area contributed by atoms with Gasteiger partial charge in [0, 0.05) is 0 Å². The topological polar surface area (TPSA) is 78.9 Å². The molecule has 0 aliphatic heterocycles. The third-order valence-corrected chi connectivity index (χ3v) is 6.27. The fourth-order valence-corrected chi connectivity index (χ4v) is 3.05. The Labute approximate surface area is 180 Å². The predicted molar refractivity (Wildman–Crippen MR) is 95.4 cm³/mol. The maximum atomic E-state index is 11.4. The molecule has 0 spiro atoms. The predicted octanol–water partition coefficient (Wildman–Crippen LogP) is 0.726. The third-order valence-electron chi connectivity index (χ3n) is 3.81. The van der Waals surface area contributed by atoms with Gasteiger partial charge in [-0.3, -0.25) is 0 Å². The summed E-state index contributed by atoms with van der Waals surface area (Å²) in [5.41, 5.74) is -0.379. The SMILES string of the molecule is [CH2]=[Cr][C](=O)CCOCC(CC)(COCC[C](=O)[Cr]=[CH2])COCC[C](=O)[Cr]=[CH2]. The first-order valence-electron chi connectivity index (χ1n) is 8.50. The summed E-state index contributed by atoms with van der Waals surface area (Å²) in [4.78, 5) is 34.1. The van der Waals surface area contributed by atoms with Gasteiger partial charge in [-0.2, -0.15) is 0 Å². The molecule has 0 aliphatic carbocycles. The molecule has 155 valence electrons. The van der Waals surface area contributed by atoms with E-state index in [1.807, 2.05) is 6.92 Å². The molecular formula is C18H29Cr3O6. The Morgan fingerprint density at radius 1 is 0.704 bits per heavy atom. The van der Waals surface area contributed by atoms with Crippen LogP contribution < -0.4 is 0 Å². The molecule has 0 bridgehead atoms. The Morgan fingerprint density at radius 2 is 1.00 bits per heavy atom. The summed E-state index contributed by atoms with van der Waals surface area (Å²) in [5.74, 6) is 0. The average Bonchev–Trinajstić information content (AvgIpc) is 2.70. The van der Waals surface area contributed by atoms with Gasteiger partial charge in [-0.1, -0.05) is 0 Å². The number of hydrogen-bond acceptors (Lipinski definition) is 6. The third kappa shape index (κ3) is 13.8. The van der Waals surface area contributed by atoms with Crippen LogP contribution in [-0.2, 0) is 72.9 Å². The summed E-state index contributed by atoms with van der Waals surface area (Å²) < 4.78 is 17.5. The standard InChI is InChI=1S/C15H23O6.3CH2.3Cr/c1-2-15(12-19-9-3-6-16,13-20-10-4-7-17)14-21-11-5-8-18;;;;;;/h2-5,9-14H2,1H3;3*1H2;;;. The van der Waals surface area contributed by atoms with Gasteiger partial charge in [0.2, 0.25) is 0 Å². The van der Waals surface area contributed by atoms with Crippen molar-refractivity contribution < 1.29 is 72.9 Å². The normalized spacial score (nSPS) is 11.0. The van der Waals surface area contributed by atoms with Gasteiger partial charge in [-0.25, -0.2) is 0 Å². The first-order valence-corrected chi connectivity index (χ1v) is 13.1. The Morgan fingerprint density at radius 3 is 1.22 bits per heavy atom. The summed E-state index contributed by atoms with van der Waals surface area (Å²) in [7, 11) is 0. The zero-order valence-corrected chi connectivity index (χ0v) is 19.7. The van der Waals surface area contributed by atoms with E-state index in [2.05, 4.69) is 16.2 Å². The van der Waals surface area contributed by atoms with Crippen LogP contribution in [0.3, 0.4) is 0 Å². The Hall–Kier alpha value is 0.0974. The van der Waals surface area contributed by atoms with E-state index in [1.165, 1.54) is 0 Å². The second-order valence-corrected chi connectivity index (χ2v) is 9.30. The van der Waals surface area contributed by atoms with Gasteiger partial charge in [-0.05, 0) is 0 Å². The molecule has 0 atom stereocenters. The van der Waals surface area contributed by atoms with E-state index in [4.69, 9.17) is 14.2 Å². The molecule has 0 fully saturated rings. The van der Waals surface area contributed by atoms with Crippen LogP contribution in [-0.4, -0.2) is 69.7 Å². The molecule has 0 amide bonds. The van der Waals surface area contributed by atoms with Gasteiger partial charge in [-0.15, -0.1) is 0 Å². The van der Waals surface area contributed by atoms with Crippen molar-refractivity contribution in [1.82, 2.24) is 0 Å². The van der Waals surface area contributed by atoms with Crippen LogP contribution in [0.4, 0.5) is 0 Å². The van der Waals surface area contributed by atoms with Gasteiger partial charge < -0.3 is 0 Å². The van der Waals surface area contributed by atoms with Crippen molar-refractivity contribution in [3.8, 4) is 0 Å². The minimum absolute atomic E-state index is 0.124. The monoisotopic (exact) mass is 497 g/mol. The molecule has 0 radical (unpaired) electrons. The van der Waals surface area contributed by atoms with Crippen molar-refractivity contribution in [1.29, 1.82) is 0 Å². The van der Waals surface area contributed by atoms with Crippen molar-refractivity contribution in [3.05, 3.63) is 0 Å². The summed E-state index contributed by atoms with van der Waals surface area (Å²) in [5, 5.41) is 10.9. The van der Waals surface area contributed by atoms with Crippen LogP contribution in [0.1, 0.15) is 32.6 Å². The number of rotatable bonds is 19. The molecule has 0 saturated heterocycles. The Kier molecular flexibility index (Phi) is 17.1. The molecule has 0 rings (SSSR count). The average molecular weight is 497 g/mol. The van der Waals surface area contributed by atoms with Crippen molar-refractivity contribution in [3.63, 3.8) is 0 Å². The Bertz CT molecular complexity index is 452. The molecule has 0 heterocycles. The molecule has 0 aromatic heterocycles. The van der Waals surface area contributed by atoms with Gasteiger partial charge in [0.05, 0.1) is 0 Å².